The number of carbonyl (C=O) groups is 1. The van der Waals surface area contributed by atoms with Gasteiger partial charge in [0.25, 0.3) is 5.91 Å². The number of pyridine rings is 1. The number of hydrogen-bond acceptors (Lipinski definition) is 4. The molecule has 0 aliphatic carbocycles. The molecule has 4 aromatic rings. The number of likely N-dealkylation sites (tertiary alicyclic amines) is 1. The third-order valence-electron chi connectivity index (χ3n) is 7.02. The van der Waals surface area contributed by atoms with Gasteiger partial charge in [-0.2, -0.15) is 5.10 Å². The van der Waals surface area contributed by atoms with Gasteiger partial charge in [-0.25, -0.2) is 4.98 Å². The smallest absolute Gasteiger partial charge is 0.254 e. The Balaban J connectivity index is 1.37. The van der Waals surface area contributed by atoms with Crippen molar-refractivity contribution in [3.63, 3.8) is 0 Å². The molecule has 1 fully saturated rings. The van der Waals surface area contributed by atoms with Crippen LogP contribution in [0.15, 0.2) is 60.7 Å². The van der Waals surface area contributed by atoms with E-state index in [4.69, 9.17) is 9.72 Å². The highest BCUT2D eigenvalue weighted by molar-refractivity contribution is 6.07. The molecule has 0 bridgehead atoms. The molecular formula is C27H26N4O2. The van der Waals surface area contributed by atoms with Gasteiger partial charge in [-0.15, -0.1) is 0 Å². The van der Waals surface area contributed by atoms with E-state index in [0.29, 0.717) is 18.7 Å². The van der Waals surface area contributed by atoms with Crippen LogP contribution < -0.4 is 4.74 Å². The summed E-state index contributed by atoms with van der Waals surface area (Å²) in [5, 5.41) is 5.39. The Hall–Kier alpha value is -3.67. The van der Waals surface area contributed by atoms with Crippen LogP contribution in [0.5, 0.6) is 5.75 Å². The van der Waals surface area contributed by atoms with Crippen molar-refractivity contribution in [1.29, 1.82) is 0 Å². The van der Waals surface area contributed by atoms with E-state index in [1.807, 2.05) is 67.4 Å². The van der Waals surface area contributed by atoms with Gasteiger partial charge in [0.1, 0.15) is 11.4 Å². The van der Waals surface area contributed by atoms with E-state index in [1.165, 1.54) is 5.56 Å². The highest BCUT2D eigenvalue weighted by Gasteiger charge is 2.44. The molecule has 1 spiro atoms. The largest absolute Gasteiger partial charge is 0.485 e. The standard InChI is InChI=1S/C27H26N4O2/c1-18-24-21(16-22(19-8-4-3-5-9-19)28-25(24)30(2)29-18)26(32)31-15-14-27(17-31)13-12-20-10-6-7-11-23(20)33-27/h3-11,16H,12-15,17H2,1-2H3. The fraction of sp³-hybridized carbons (Fsp3) is 0.296. The predicted octanol–water partition coefficient (Wildman–Crippen LogP) is 4.55. The van der Waals surface area contributed by atoms with Crippen LogP contribution in [0, 0.1) is 6.92 Å². The number of carbonyl (C=O) groups excluding carboxylic acids is 1. The van der Waals surface area contributed by atoms with Crippen LogP contribution in [0.1, 0.15) is 34.5 Å². The Morgan fingerprint density at radius 2 is 1.85 bits per heavy atom. The average molecular weight is 439 g/mol. The molecule has 2 aromatic heterocycles. The Labute approximate surface area is 192 Å². The fourth-order valence-electron chi connectivity index (χ4n) is 5.30. The molecule has 166 valence electrons. The zero-order valence-electron chi connectivity index (χ0n) is 18.9. The van der Waals surface area contributed by atoms with Gasteiger partial charge in [0.05, 0.1) is 28.9 Å². The van der Waals surface area contributed by atoms with E-state index in [-0.39, 0.29) is 11.5 Å². The van der Waals surface area contributed by atoms with Crippen LogP contribution in [-0.2, 0) is 13.5 Å². The van der Waals surface area contributed by atoms with E-state index in [0.717, 1.165) is 53.0 Å². The molecule has 1 amide bonds. The number of hydrogen-bond donors (Lipinski definition) is 0. The number of ether oxygens (including phenoxy) is 1. The summed E-state index contributed by atoms with van der Waals surface area (Å²) in [4.78, 5) is 20.7. The Morgan fingerprint density at radius 3 is 2.70 bits per heavy atom. The first-order chi connectivity index (χ1) is 16.0. The molecule has 0 N–H and O–H groups in total. The molecule has 33 heavy (non-hydrogen) atoms. The van der Waals surface area contributed by atoms with E-state index in [9.17, 15) is 4.79 Å². The summed E-state index contributed by atoms with van der Waals surface area (Å²) in [6.07, 6.45) is 2.76. The zero-order chi connectivity index (χ0) is 22.6. The van der Waals surface area contributed by atoms with Crippen LogP contribution in [0.2, 0.25) is 0 Å². The van der Waals surface area contributed by atoms with Crippen molar-refractivity contribution in [3.05, 3.63) is 77.5 Å². The lowest BCUT2D eigenvalue weighted by molar-refractivity contribution is 0.0485. The fourth-order valence-corrected chi connectivity index (χ4v) is 5.30. The van der Waals surface area contributed by atoms with Gasteiger partial charge in [-0.1, -0.05) is 48.5 Å². The summed E-state index contributed by atoms with van der Waals surface area (Å²) >= 11 is 0. The van der Waals surface area contributed by atoms with Gasteiger partial charge in [0.2, 0.25) is 0 Å². The number of aromatic nitrogens is 3. The minimum absolute atomic E-state index is 0.0232. The second kappa shape index (κ2) is 7.44. The van der Waals surface area contributed by atoms with Crippen LogP contribution in [0.3, 0.4) is 0 Å². The normalized spacial score (nSPS) is 19.6. The van der Waals surface area contributed by atoms with E-state index in [1.54, 1.807) is 4.68 Å². The maximum atomic E-state index is 13.9. The first-order valence-corrected chi connectivity index (χ1v) is 11.5. The second-order valence-electron chi connectivity index (χ2n) is 9.20. The van der Waals surface area contributed by atoms with Crippen molar-refractivity contribution >= 4 is 16.9 Å². The second-order valence-corrected chi connectivity index (χ2v) is 9.20. The lowest BCUT2D eigenvalue weighted by Crippen LogP contribution is -2.43. The topological polar surface area (TPSA) is 60.2 Å². The van der Waals surface area contributed by atoms with Crippen LogP contribution in [0.25, 0.3) is 22.3 Å². The Morgan fingerprint density at radius 1 is 1.06 bits per heavy atom. The number of benzene rings is 2. The molecule has 0 radical (unpaired) electrons. The van der Waals surface area contributed by atoms with Gasteiger partial charge in [-0.3, -0.25) is 9.48 Å². The maximum Gasteiger partial charge on any atom is 0.254 e. The molecule has 1 atom stereocenters. The number of amides is 1. The van der Waals surface area contributed by atoms with Crippen LogP contribution in [0.4, 0.5) is 0 Å². The zero-order valence-corrected chi connectivity index (χ0v) is 18.9. The molecule has 2 aliphatic rings. The maximum absolute atomic E-state index is 13.9. The summed E-state index contributed by atoms with van der Waals surface area (Å²) in [6.45, 7) is 3.23. The summed E-state index contributed by atoms with van der Waals surface area (Å²) < 4.78 is 8.25. The number of rotatable bonds is 2. The third kappa shape index (κ3) is 3.28. The van der Waals surface area contributed by atoms with Crippen molar-refractivity contribution in [2.24, 2.45) is 7.05 Å². The molecule has 0 saturated carbocycles. The molecule has 4 heterocycles. The lowest BCUT2D eigenvalue weighted by Gasteiger charge is -2.35. The SMILES string of the molecule is Cc1nn(C)c2nc(-c3ccccc3)cc(C(=O)N3CCC4(CCc5ccccc5O4)C3)c12. The summed E-state index contributed by atoms with van der Waals surface area (Å²) in [6, 6.07) is 20.2. The molecule has 1 saturated heterocycles. The lowest BCUT2D eigenvalue weighted by atomic mass is 9.90. The Kier molecular flexibility index (Phi) is 4.50. The average Bonchev–Trinajstić information content (AvgIpc) is 3.39. The molecule has 2 aliphatic heterocycles. The highest BCUT2D eigenvalue weighted by Crippen LogP contribution is 2.39. The molecule has 6 heteroatoms. The van der Waals surface area contributed by atoms with Crippen LogP contribution in [-0.4, -0.2) is 44.3 Å². The third-order valence-corrected chi connectivity index (χ3v) is 7.02. The van der Waals surface area contributed by atoms with E-state index >= 15 is 0 Å². The predicted molar refractivity (Wildman–Crippen MR) is 127 cm³/mol. The quantitative estimate of drug-likeness (QED) is 0.461. The number of aryl methyl sites for hydroxylation is 3. The van der Waals surface area contributed by atoms with E-state index < -0.39 is 0 Å². The molecule has 6 rings (SSSR count). The number of para-hydroxylation sites is 1. The molecule has 6 nitrogen and oxygen atoms in total. The van der Waals surface area contributed by atoms with Crippen molar-refractivity contribution in [2.45, 2.75) is 31.8 Å². The van der Waals surface area contributed by atoms with Gasteiger partial charge in [-0.05, 0) is 37.5 Å². The monoisotopic (exact) mass is 438 g/mol. The first kappa shape index (κ1) is 20.0. The van der Waals surface area contributed by atoms with E-state index in [2.05, 4.69) is 17.2 Å². The molecule has 1 unspecified atom stereocenters. The van der Waals surface area contributed by atoms with Crippen LogP contribution >= 0.6 is 0 Å². The number of fused-ring (bicyclic) bond motifs is 2. The van der Waals surface area contributed by atoms with Crippen molar-refractivity contribution < 1.29 is 9.53 Å². The summed E-state index contributed by atoms with van der Waals surface area (Å²) in [5.41, 5.74) is 4.93. The van der Waals surface area contributed by atoms with Gasteiger partial charge < -0.3 is 9.64 Å². The first-order valence-electron chi connectivity index (χ1n) is 11.5. The summed E-state index contributed by atoms with van der Waals surface area (Å²) in [7, 11) is 1.88. The van der Waals surface area contributed by atoms with Crippen molar-refractivity contribution in [2.75, 3.05) is 13.1 Å². The minimum atomic E-state index is -0.303. The summed E-state index contributed by atoms with van der Waals surface area (Å²) in [5.74, 6) is 0.980. The van der Waals surface area contributed by atoms with Gasteiger partial charge in [0, 0.05) is 25.6 Å². The Bertz CT molecular complexity index is 1380. The van der Waals surface area contributed by atoms with Crippen molar-refractivity contribution in [1.82, 2.24) is 19.7 Å². The highest BCUT2D eigenvalue weighted by atomic mass is 16.5. The minimum Gasteiger partial charge on any atom is -0.485 e. The molecule has 2 aromatic carbocycles. The van der Waals surface area contributed by atoms with Crippen molar-refractivity contribution in [3.8, 4) is 17.0 Å². The van der Waals surface area contributed by atoms with Gasteiger partial charge in [0.15, 0.2) is 5.65 Å². The number of nitrogens with zero attached hydrogens (tertiary/aromatic N) is 4. The van der Waals surface area contributed by atoms with Gasteiger partial charge >= 0.3 is 0 Å². The molecular weight excluding hydrogens is 412 g/mol.